The van der Waals surface area contributed by atoms with Crippen LogP contribution in [-0.4, -0.2) is 18.6 Å². The second-order valence-electron chi connectivity index (χ2n) is 7.24. The summed E-state index contributed by atoms with van der Waals surface area (Å²) < 4.78 is 6.02. The molecule has 0 radical (unpaired) electrons. The van der Waals surface area contributed by atoms with Crippen molar-refractivity contribution in [3.8, 4) is 0 Å². The molecular weight excluding hydrogens is 262 g/mol. The number of ether oxygens (including phenoxy) is 1. The zero-order valence-corrected chi connectivity index (χ0v) is 12.5. The molecule has 3 nitrogen and oxygen atoms in total. The lowest BCUT2D eigenvalue weighted by molar-refractivity contribution is -0.130. The predicted octanol–water partition coefficient (Wildman–Crippen LogP) is 2.63. The number of carbonyl (C=O) groups is 1. The highest BCUT2D eigenvalue weighted by Gasteiger charge is 2.70. The maximum Gasteiger partial charge on any atom is 0.224 e. The van der Waals surface area contributed by atoms with E-state index in [0.717, 1.165) is 32.3 Å². The monoisotopic (exact) mass is 285 g/mol. The van der Waals surface area contributed by atoms with Gasteiger partial charge in [0, 0.05) is 12.5 Å². The molecule has 21 heavy (non-hydrogen) atoms. The van der Waals surface area contributed by atoms with Crippen molar-refractivity contribution < 1.29 is 9.53 Å². The summed E-state index contributed by atoms with van der Waals surface area (Å²) in [4.78, 5) is 12.3. The second kappa shape index (κ2) is 4.33. The molecule has 3 heteroatoms. The van der Waals surface area contributed by atoms with Crippen molar-refractivity contribution in [2.45, 2.75) is 44.1 Å². The number of primary amides is 1. The summed E-state index contributed by atoms with van der Waals surface area (Å²) in [5, 5.41) is 0. The van der Waals surface area contributed by atoms with Crippen LogP contribution in [0.1, 0.15) is 38.2 Å². The molecule has 112 valence electrons. The van der Waals surface area contributed by atoms with E-state index in [0.29, 0.717) is 11.8 Å². The molecule has 5 unspecified atom stereocenters. The van der Waals surface area contributed by atoms with Crippen LogP contribution in [0, 0.1) is 17.3 Å². The van der Waals surface area contributed by atoms with E-state index in [1.165, 1.54) is 5.56 Å². The van der Waals surface area contributed by atoms with Gasteiger partial charge in [0.15, 0.2) is 0 Å². The van der Waals surface area contributed by atoms with E-state index in [-0.39, 0.29) is 22.8 Å². The number of nitrogens with two attached hydrogens (primary N) is 1. The Hall–Kier alpha value is -1.35. The summed E-state index contributed by atoms with van der Waals surface area (Å²) in [6.07, 6.45) is 4.30. The molecular formula is C18H23NO2. The summed E-state index contributed by atoms with van der Waals surface area (Å²) in [6, 6.07) is 10.7. The van der Waals surface area contributed by atoms with Crippen LogP contribution < -0.4 is 5.73 Å². The SMILES string of the molecule is CCOC1C2CC3(c4ccccc4)CC1C(C(N)=O)(C2)C3. The summed E-state index contributed by atoms with van der Waals surface area (Å²) in [7, 11) is 0. The summed E-state index contributed by atoms with van der Waals surface area (Å²) >= 11 is 0. The van der Waals surface area contributed by atoms with Crippen LogP contribution in [0.25, 0.3) is 0 Å². The van der Waals surface area contributed by atoms with Crippen LogP contribution in [0.5, 0.6) is 0 Å². The first kappa shape index (κ1) is 13.3. The van der Waals surface area contributed by atoms with Gasteiger partial charge in [-0.15, -0.1) is 0 Å². The summed E-state index contributed by atoms with van der Waals surface area (Å²) in [5.74, 6) is 0.705. The van der Waals surface area contributed by atoms with Gasteiger partial charge in [-0.1, -0.05) is 30.3 Å². The minimum Gasteiger partial charge on any atom is -0.378 e. The fourth-order valence-corrected chi connectivity index (χ4v) is 5.78. The molecule has 1 aromatic carbocycles. The third-order valence-corrected chi connectivity index (χ3v) is 6.35. The minimum absolute atomic E-state index is 0.0998. The molecule has 1 aromatic rings. The van der Waals surface area contributed by atoms with Gasteiger partial charge in [0.05, 0.1) is 11.5 Å². The maximum atomic E-state index is 12.3. The van der Waals surface area contributed by atoms with E-state index in [2.05, 4.69) is 30.3 Å². The van der Waals surface area contributed by atoms with Gasteiger partial charge in [0.1, 0.15) is 0 Å². The van der Waals surface area contributed by atoms with Gasteiger partial charge < -0.3 is 10.5 Å². The van der Waals surface area contributed by atoms with Crippen molar-refractivity contribution in [3.63, 3.8) is 0 Å². The predicted molar refractivity (Wildman–Crippen MR) is 80.6 cm³/mol. The molecule has 4 saturated carbocycles. The Labute approximate surface area is 125 Å². The fraction of sp³-hybridized carbons (Fsp3) is 0.611. The molecule has 0 heterocycles. The Morgan fingerprint density at radius 3 is 2.71 bits per heavy atom. The van der Waals surface area contributed by atoms with E-state index in [1.807, 2.05) is 6.92 Å². The molecule has 4 aliphatic rings. The number of benzene rings is 1. The van der Waals surface area contributed by atoms with Gasteiger partial charge in [-0.25, -0.2) is 0 Å². The quantitative estimate of drug-likeness (QED) is 0.924. The van der Waals surface area contributed by atoms with Crippen LogP contribution in [-0.2, 0) is 14.9 Å². The molecule has 0 saturated heterocycles. The van der Waals surface area contributed by atoms with E-state index in [4.69, 9.17) is 10.5 Å². The minimum atomic E-state index is -0.321. The largest absolute Gasteiger partial charge is 0.378 e. The van der Waals surface area contributed by atoms with Crippen LogP contribution in [0.15, 0.2) is 30.3 Å². The van der Waals surface area contributed by atoms with Gasteiger partial charge in [0.2, 0.25) is 5.91 Å². The van der Waals surface area contributed by atoms with E-state index >= 15 is 0 Å². The number of rotatable bonds is 4. The first-order chi connectivity index (χ1) is 10.1. The molecule has 4 fully saturated rings. The first-order valence-electron chi connectivity index (χ1n) is 8.08. The van der Waals surface area contributed by atoms with Crippen LogP contribution in [0.4, 0.5) is 0 Å². The third kappa shape index (κ3) is 1.61. The molecule has 1 amide bonds. The average molecular weight is 285 g/mol. The zero-order chi connectivity index (χ0) is 14.7. The smallest absolute Gasteiger partial charge is 0.224 e. The normalized spacial score (nSPS) is 43.4. The van der Waals surface area contributed by atoms with Gasteiger partial charge in [-0.2, -0.15) is 0 Å². The Morgan fingerprint density at radius 1 is 1.29 bits per heavy atom. The molecule has 0 aromatic heterocycles. The van der Waals surface area contributed by atoms with Gasteiger partial charge in [-0.3, -0.25) is 4.79 Å². The van der Waals surface area contributed by atoms with Crippen molar-refractivity contribution in [1.29, 1.82) is 0 Å². The topological polar surface area (TPSA) is 52.3 Å². The van der Waals surface area contributed by atoms with Crippen LogP contribution in [0.2, 0.25) is 0 Å². The Kier molecular flexibility index (Phi) is 2.74. The zero-order valence-electron chi connectivity index (χ0n) is 12.5. The van der Waals surface area contributed by atoms with Crippen molar-refractivity contribution in [2.24, 2.45) is 23.0 Å². The molecule has 0 aliphatic heterocycles. The Balaban J connectivity index is 1.77. The molecule has 5 rings (SSSR count). The Bertz CT molecular complexity index is 572. The van der Waals surface area contributed by atoms with E-state index in [9.17, 15) is 4.79 Å². The van der Waals surface area contributed by atoms with E-state index < -0.39 is 0 Å². The van der Waals surface area contributed by atoms with Gasteiger partial charge in [-0.05, 0) is 49.5 Å². The van der Waals surface area contributed by atoms with Crippen molar-refractivity contribution in [2.75, 3.05) is 6.61 Å². The van der Waals surface area contributed by atoms with Gasteiger partial charge in [0.25, 0.3) is 0 Å². The molecule has 4 bridgehead atoms. The van der Waals surface area contributed by atoms with Crippen molar-refractivity contribution in [3.05, 3.63) is 35.9 Å². The highest BCUT2D eigenvalue weighted by Crippen LogP contribution is 2.71. The fourth-order valence-electron chi connectivity index (χ4n) is 5.78. The number of carbonyl (C=O) groups excluding carboxylic acids is 1. The first-order valence-corrected chi connectivity index (χ1v) is 8.08. The molecule has 2 N–H and O–H groups in total. The number of hydrogen-bond donors (Lipinski definition) is 1. The van der Waals surface area contributed by atoms with Crippen molar-refractivity contribution >= 4 is 5.91 Å². The maximum absolute atomic E-state index is 12.3. The highest BCUT2D eigenvalue weighted by molar-refractivity contribution is 5.83. The lowest BCUT2D eigenvalue weighted by Crippen LogP contribution is -2.41. The van der Waals surface area contributed by atoms with E-state index in [1.54, 1.807) is 0 Å². The summed E-state index contributed by atoms with van der Waals surface area (Å²) in [6.45, 7) is 2.77. The number of hydrogen-bond acceptors (Lipinski definition) is 2. The number of amides is 1. The van der Waals surface area contributed by atoms with Crippen LogP contribution in [0.3, 0.4) is 0 Å². The standard InChI is InChI=1S/C18H23NO2/c1-2-21-15-12-8-17(13-6-4-3-5-7-13)10-14(15)18(9-12,11-17)16(19)20/h3-7,12,14-15H,2,8-11H2,1H3,(H2,19,20). The van der Waals surface area contributed by atoms with Crippen LogP contribution >= 0.6 is 0 Å². The van der Waals surface area contributed by atoms with Crippen molar-refractivity contribution in [1.82, 2.24) is 0 Å². The third-order valence-electron chi connectivity index (χ3n) is 6.35. The summed E-state index contributed by atoms with van der Waals surface area (Å²) in [5.41, 5.74) is 7.07. The second-order valence-corrected chi connectivity index (χ2v) is 7.24. The molecule has 5 atom stereocenters. The highest BCUT2D eigenvalue weighted by atomic mass is 16.5. The lowest BCUT2D eigenvalue weighted by Gasteiger charge is -2.42. The molecule has 0 spiro atoms. The lowest BCUT2D eigenvalue weighted by atomic mass is 9.63. The average Bonchev–Trinajstić information content (AvgIpc) is 2.86. The van der Waals surface area contributed by atoms with Gasteiger partial charge >= 0.3 is 0 Å². The molecule has 4 aliphatic carbocycles. The Morgan fingerprint density at radius 2 is 2.05 bits per heavy atom.